The van der Waals surface area contributed by atoms with Crippen molar-refractivity contribution in [3.8, 4) is 0 Å². The van der Waals surface area contributed by atoms with Crippen molar-refractivity contribution in [3.63, 3.8) is 0 Å². The number of ether oxygens (including phenoxy) is 1. The minimum absolute atomic E-state index is 0.178. The van der Waals surface area contributed by atoms with E-state index in [1.807, 2.05) is 64.2 Å². The zero-order chi connectivity index (χ0) is 22.8. The zero-order valence-electron chi connectivity index (χ0n) is 19.1. The summed E-state index contributed by atoms with van der Waals surface area (Å²) in [6, 6.07) is 10.7. The number of carbonyl (C=O) groups is 2. The van der Waals surface area contributed by atoms with Gasteiger partial charge in [0, 0.05) is 18.7 Å². The molecule has 0 bridgehead atoms. The van der Waals surface area contributed by atoms with Gasteiger partial charge in [0.25, 0.3) is 5.91 Å². The van der Waals surface area contributed by atoms with Crippen LogP contribution in [-0.2, 0) is 23.2 Å². The first-order chi connectivity index (χ1) is 15.3. The molecule has 32 heavy (non-hydrogen) atoms. The average Bonchev–Trinajstić information content (AvgIpc) is 3.57. The Bertz CT molecular complexity index is 1130. The lowest BCUT2D eigenvalue weighted by molar-refractivity contribution is -0.147. The molecule has 1 aromatic carbocycles. The van der Waals surface area contributed by atoms with E-state index in [0.717, 1.165) is 35.2 Å². The molecule has 1 N–H and O–H groups in total. The lowest BCUT2D eigenvalue weighted by Gasteiger charge is -2.20. The van der Waals surface area contributed by atoms with E-state index in [-0.39, 0.29) is 18.4 Å². The van der Waals surface area contributed by atoms with Crippen molar-refractivity contribution in [2.45, 2.75) is 58.6 Å². The van der Waals surface area contributed by atoms with Crippen LogP contribution in [-0.4, -0.2) is 32.7 Å². The molecule has 168 valence electrons. The van der Waals surface area contributed by atoms with E-state index in [1.165, 1.54) is 0 Å². The highest BCUT2D eigenvalue weighted by molar-refractivity contribution is 6.07. The number of hydrogen-bond donors (Lipinski definition) is 1. The predicted molar refractivity (Wildman–Crippen MR) is 122 cm³/mol. The molecule has 1 amide bonds. The van der Waals surface area contributed by atoms with Crippen LogP contribution in [0.4, 0.5) is 0 Å². The molecule has 2 aromatic heterocycles. The number of hydrogen-bond acceptors (Lipinski definition) is 5. The molecule has 1 aliphatic rings. The highest BCUT2D eigenvalue weighted by Crippen LogP contribution is 2.40. The van der Waals surface area contributed by atoms with Crippen LogP contribution in [0.1, 0.15) is 66.3 Å². The fraction of sp³-hybridized carbons (Fsp3) is 0.440. The molecule has 0 unspecified atom stereocenters. The maximum Gasteiger partial charge on any atom is 0.328 e. The number of nitrogens with one attached hydrogen (secondary N) is 1. The molecule has 7 heteroatoms. The molecule has 1 saturated carbocycles. The Balaban J connectivity index is 1.58. The Labute approximate surface area is 188 Å². The third-order valence-corrected chi connectivity index (χ3v) is 5.75. The van der Waals surface area contributed by atoms with Gasteiger partial charge in [0.05, 0.1) is 16.6 Å². The van der Waals surface area contributed by atoms with Crippen molar-refractivity contribution in [2.75, 3.05) is 0 Å². The standard InChI is InChI=1S/C25H30N4O3/c1-15(2)12-21(25(31)32-14-17-8-6-5-7-9-17)27-24(30)19-13-20(18-10-11-18)26-23-22(19)16(3)28-29(23)4/h5-9,13,15,18,21H,10-12,14H2,1-4H3,(H,27,30)/t21-/m0/s1. The van der Waals surface area contributed by atoms with Gasteiger partial charge in [0.1, 0.15) is 12.6 Å². The van der Waals surface area contributed by atoms with Crippen LogP contribution in [0.3, 0.4) is 0 Å². The molecule has 0 radical (unpaired) electrons. The molecule has 0 saturated heterocycles. The van der Waals surface area contributed by atoms with Gasteiger partial charge in [-0.05, 0) is 43.7 Å². The number of esters is 1. The molecule has 1 aliphatic carbocycles. The quantitative estimate of drug-likeness (QED) is 0.541. The van der Waals surface area contributed by atoms with Gasteiger partial charge in [0.2, 0.25) is 0 Å². The SMILES string of the molecule is Cc1nn(C)c2nc(C3CC3)cc(C(=O)N[C@@H](CC(C)C)C(=O)OCc3ccccc3)c12. The third kappa shape index (κ3) is 4.82. The molecule has 0 spiro atoms. The second-order valence-corrected chi connectivity index (χ2v) is 9.03. The minimum atomic E-state index is -0.726. The van der Waals surface area contributed by atoms with Gasteiger partial charge in [-0.25, -0.2) is 9.78 Å². The van der Waals surface area contributed by atoms with Crippen LogP contribution in [0, 0.1) is 12.8 Å². The normalized spacial score (nSPS) is 14.5. The summed E-state index contributed by atoms with van der Waals surface area (Å²) in [6.45, 7) is 6.09. The number of aryl methyl sites for hydroxylation is 2. The maximum absolute atomic E-state index is 13.4. The van der Waals surface area contributed by atoms with E-state index in [1.54, 1.807) is 4.68 Å². The largest absolute Gasteiger partial charge is 0.459 e. The lowest BCUT2D eigenvalue weighted by atomic mass is 10.0. The number of nitrogens with zero attached hydrogens (tertiary/aromatic N) is 3. The second kappa shape index (κ2) is 9.10. The number of amides is 1. The summed E-state index contributed by atoms with van der Waals surface area (Å²) in [7, 11) is 1.84. The highest BCUT2D eigenvalue weighted by atomic mass is 16.5. The van der Waals surface area contributed by atoms with Gasteiger partial charge < -0.3 is 10.1 Å². The summed E-state index contributed by atoms with van der Waals surface area (Å²) in [5.74, 6) is -0.114. The van der Waals surface area contributed by atoms with Crippen molar-refractivity contribution < 1.29 is 14.3 Å². The fourth-order valence-electron chi connectivity index (χ4n) is 3.98. The summed E-state index contributed by atoms with van der Waals surface area (Å²) in [6.07, 6.45) is 2.66. The van der Waals surface area contributed by atoms with Crippen LogP contribution in [0.5, 0.6) is 0 Å². The maximum atomic E-state index is 13.4. The lowest BCUT2D eigenvalue weighted by Crippen LogP contribution is -2.42. The topological polar surface area (TPSA) is 86.1 Å². The molecule has 7 nitrogen and oxygen atoms in total. The van der Waals surface area contributed by atoms with E-state index >= 15 is 0 Å². The van der Waals surface area contributed by atoms with E-state index in [0.29, 0.717) is 23.5 Å². The van der Waals surface area contributed by atoms with Gasteiger partial charge in [-0.2, -0.15) is 5.10 Å². The predicted octanol–water partition coefficient (Wildman–Crippen LogP) is 4.04. The van der Waals surface area contributed by atoms with E-state index < -0.39 is 12.0 Å². The Kier molecular flexibility index (Phi) is 6.26. The summed E-state index contributed by atoms with van der Waals surface area (Å²) in [4.78, 5) is 31.0. The third-order valence-electron chi connectivity index (χ3n) is 5.75. The van der Waals surface area contributed by atoms with Gasteiger partial charge in [0.15, 0.2) is 5.65 Å². The van der Waals surface area contributed by atoms with Crippen molar-refractivity contribution in [1.82, 2.24) is 20.1 Å². The van der Waals surface area contributed by atoms with Crippen molar-refractivity contribution in [2.24, 2.45) is 13.0 Å². The van der Waals surface area contributed by atoms with Crippen LogP contribution in [0.25, 0.3) is 11.0 Å². The first kappa shape index (κ1) is 22.0. The van der Waals surface area contributed by atoms with Crippen LogP contribution in [0.15, 0.2) is 36.4 Å². The number of rotatable bonds is 8. The number of benzene rings is 1. The number of fused-ring (bicyclic) bond motifs is 1. The Morgan fingerprint density at radius 1 is 1.22 bits per heavy atom. The summed E-state index contributed by atoms with van der Waals surface area (Å²) < 4.78 is 7.25. The summed E-state index contributed by atoms with van der Waals surface area (Å²) in [5.41, 5.74) is 3.79. The number of aromatic nitrogens is 3. The van der Waals surface area contributed by atoms with Crippen LogP contribution < -0.4 is 5.32 Å². The van der Waals surface area contributed by atoms with Crippen LogP contribution in [0.2, 0.25) is 0 Å². The monoisotopic (exact) mass is 434 g/mol. The molecule has 3 aromatic rings. The fourth-order valence-corrected chi connectivity index (χ4v) is 3.98. The average molecular weight is 435 g/mol. The van der Waals surface area contributed by atoms with Crippen molar-refractivity contribution in [1.29, 1.82) is 0 Å². The van der Waals surface area contributed by atoms with Crippen LogP contribution >= 0.6 is 0 Å². The van der Waals surface area contributed by atoms with E-state index in [4.69, 9.17) is 9.72 Å². The first-order valence-electron chi connectivity index (χ1n) is 11.2. The molecular formula is C25H30N4O3. The summed E-state index contributed by atoms with van der Waals surface area (Å²) >= 11 is 0. The van der Waals surface area contributed by atoms with Gasteiger partial charge >= 0.3 is 5.97 Å². The molecule has 2 heterocycles. The number of pyridine rings is 1. The molecule has 1 fully saturated rings. The van der Waals surface area contributed by atoms with Crippen molar-refractivity contribution >= 4 is 22.9 Å². The zero-order valence-corrected chi connectivity index (χ0v) is 19.1. The Morgan fingerprint density at radius 2 is 1.94 bits per heavy atom. The molecular weight excluding hydrogens is 404 g/mol. The molecule has 1 atom stereocenters. The van der Waals surface area contributed by atoms with E-state index in [2.05, 4.69) is 10.4 Å². The van der Waals surface area contributed by atoms with Gasteiger partial charge in [-0.1, -0.05) is 44.2 Å². The Hall–Kier alpha value is -3.22. The van der Waals surface area contributed by atoms with Gasteiger partial charge in [-0.3, -0.25) is 9.48 Å². The minimum Gasteiger partial charge on any atom is -0.459 e. The summed E-state index contributed by atoms with van der Waals surface area (Å²) in [5, 5.41) is 8.13. The molecule has 0 aliphatic heterocycles. The highest BCUT2D eigenvalue weighted by Gasteiger charge is 2.30. The smallest absolute Gasteiger partial charge is 0.328 e. The number of carbonyl (C=O) groups excluding carboxylic acids is 2. The molecule has 4 rings (SSSR count). The second-order valence-electron chi connectivity index (χ2n) is 9.03. The van der Waals surface area contributed by atoms with Gasteiger partial charge in [-0.15, -0.1) is 0 Å². The Morgan fingerprint density at radius 3 is 2.59 bits per heavy atom. The van der Waals surface area contributed by atoms with Crippen molar-refractivity contribution in [3.05, 3.63) is 58.9 Å². The first-order valence-corrected chi connectivity index (χ1v) is 11.2. The van der Waals surface area contributed by atoms with E-state index in [9.17, 15) is 9.59 Å².